The summed E-state index contributed by atoms with van der Waals surface area (Å²) in [4.78, 5) is 0. The second-order valence-corrected chi connectivity index (χ2v) is 4.40. The summed E-state index contributed by atoms with van der Waals surface area (Å²) in [6.07, 6.45) is 6.73. The Balaban J connectivity index is 2.38. The molecule has 5 heteroatoms. The molecule has 2 unspecified atom stereocenters. The monoisotopic (exact) mass is 233 g/mol. The molecule has 2 atom stereocenters. The average Bonchev–Trinajstić information content (AvgIpc) is 2.89. The van der Waals surface area contributed by atoms with E-state index >= 15 is 0 Å². The molecule has 0 saturated heterocycles. The van der Waals surface area contributed by atoms with Crippen molar-refractivity contribution in [3.8, 4) is 0 Å². The van der Waals surface area contributed by atoms with Crippen molar-refractivity contribution in [1.29, 1.82) is 0 Å². The van der Waals surface area contributed by atoms with E-state index in [4.69, 9.17) is 5.73 Å². The normalized spacial score (nSPS) is 14.8. The van der Waals surface area contributed by atoms with Crippen molar-refractivity contribution >= 4 is 0 Å². The molecular formula is C12H19N5. The number of nitrogens with zero attached hydrogens (tertiary/aromatic N) is 4. The highest BCUT2D eigenvalue weighted by molar-refractivity contribution is 5.15. The number of aromatic nitrogens is 4. The topological polar surface area (TPSA) is 61.7 Å². The van der Waals surface area contributed by atoms with E-state index in [-0.39, 0.29) is 12.1 Å². The van der Waals surface area contributed by atoms with Crippen LogP contribution in [-0.4, -0.2) is 25.6 Å². The molecule has 0 aliphatic heterocycles. The fourth-order valence-electron chi connectivity index (χ4n) is 2.00. The molecule has 17 heavy (non-hydrogen) atoms. The Morgan fingerprint density at radius 1 is 1.47 bits per heavy atom. The van der Waals surface area contributed by atoms with E-state index in [1.54, 1.807) is 4.68 Å². The summed E-state index contributed by atoms with van der Waals surface area (Å²) >= 11 is 0. The van der Waals surface area contributed by atoms with Crippen LogP contribution < -0.4 is 5.73 Å². The van der Waals surface area contributed by atoms with Gasteiger partial charge >= 0.3 is 0 Å². The first kappa shape index (κ1) is 11.9. The Labute approximate surface area is 101 Å². The van der Waals surface area contributed by atoms with Crippen LogP contribution in [0.15, 0.2) is 24.7 Å². The Bertz CT molecular complexity index is 444. The van der Waals surface area contributed by atoms with Crippen LogP contribution in [0.3, 0.4) is 0 Å². The molecule has 0 amide bonds. The van der Waals surface area contributed by atoms with Crippen LogP contribution in [0.2, 0.25) is 0 Å². The van der Waals surface area contributed by atoms with E-state index in [1.807, 2.05) is 43.3 Å². The Morgan fingerprint density at radius 2 is 2.24 bits per heavy atom. The number of aryl methyl sites for hydroxylation is 2. The van der Waals surface area contributed by atoms with Crippen molar-refractivity contribution in [2.45, 2.75) is 32.4 Å². The Morgan fingerprint density at radius 3 is 2.71 bits per heavy atom. The van der Waals surface area contributed by atoms with Gasteiger partial charge in [-0.25, -0.2) is 0 Å². The molecule has 2 heterocycles. The molecule has 0 aliphatic rings. The molecule has 2 N–H and O–H groups in total. The van der Waals surface area contributed by atoms with E-state index < -0.39 is 0 Å². The molecule has 0 bridgehead atoms. The minimum Gasteiger partial charge on any atom is -0.326 e. The number of nitrogens with two attached hydrogens (primary N) is 1. The van der Waals surface area contributed by atoms with Crippen molar-refractivity contribution in [3.63, 3.8) is 0 Å². The van der Waals surface area contributed by atoms with Gasteiger partial charge in [-0.3, -0.25) is 9.36 Å². The highest BCUT2D eigenvalue weighted by Gasteiger charge is 2.22. The molecule has 2 aromatic rings. The van der Waals surface area contributed by atoms with Crippen molar-refractivity contribution in [1.82, 2.24) is 19.6 Å². The number of hydrogen-bond acceptors (Lipinski definition) is 3. The van der Waals surface area contributed by atoms with Gasteiger partial charge in [-0.15, -0.1) is 0 Å². The van der Waals surface area contributed by atoms with Gasteiger partial charge in [0, 0.05) is 31.0 Å². The predicted molar refractivity (Wildman–Crippen MR) is 66.6 cm³/mol. The molecule has 0 spiro atoms. The van der Waals surface area contributed by atoms with Crippen LogP contribution >= 0.6 is 0 Å². The molecule has 0 radical (unpaired) electrons. The van der Waals surface area contributed by atoms with Gasteiger partial charge in [-0.05, 0) is 19.4 Å². The van der Waals surface area contributed by atoms with Crippen molar-refractivity contribution < 1.29 is 0 Å². The second kappa shape index (κ2) is 4.71. The van der Waals surface area contributed by atoms with Crippen molar-refractivity contribution in [2.24, 2.45) is 12.8 Å². The lowest BCUT2D eigenvalue weighted by atomic mass is 10.0. The average molecular weight is 233 g/mol. The van der Waals surface area contributed by atoms with Crippen LogP contribution in [0.25, 0.3) is 0 Å². The smallest absolute Gasteiger partial charge is 0.0949 e. The minimum absolute atomic E-state index is 0.0403. The maximum Gasteiger partial charge on any atom is 0.0949 e. The van der Waals surface area contributed by atoms with Crippen molar-refractivity contribution in [3.05, 3.63) is 35.9 Å². The molecule has 0 aliphatic carbocycles. The van der Waals surface area contributed by atoms with Gasteiger partial charge in [0.25, 0.3) is 0 Å². The summed E-state index contributed by atoms with van der Waals surface area (Å²) in [5.41, 5.74) is 8.31. The standard InChI is InChI=1S/C12H19N5/c1-4-11(13)12(10-7-14-16(3)8-10)17-6-5-9(2)15-17/h5-8,11-12H,4,13H2,1-3H3. The summed E-state index contributed by atoms with van der Waals surface area (Å²) in [6, 6.07) is 2.09. The highest BCUT2D eigenvalue weighted by Crippen LogP contribution is 2.21. The first-order chi connectivity index (χ1) is 8.11. The summed E-state index contributed by atoms with van der Waals surface area (Å²) < 4.78 is 3.72. The largest absolute Gasteiger partial charge is 0.326 e. The van der Waals surface area contributed by atoms with E-state index in [0.717, 1.165) is 17.7 Å². The van der Waals surface area contributed by atoms with Gasteiger partial charge < -0.3 is 5.73 Å². The van der Waals surface area contributed by atoms with E-state index in [2.05, 4.69) is 17.1 Å². The lowest BCUT2D eigenvalue weighted by Crippen LogP contribution is -2.32. The van der Waals surface area contributed by atoms with Crippen molar-refractivity contribution in [2.75, 3.05) is 0 Å². The van der Waals surface area contributed by atoms with Crippen LogP contribution in [-0.2, 0) is 7.05 Å². The molecule has 2 rings (SSSR count). The maximum absolute atomic E-state index is 6.20. The zero-order chi connectivity index (χ0) is 12.4. The summed E-state index contributed by atoms with van der Waals surface area (Å²) in [5, 5.41) is 8.67. The molecule has 0 fully saturated rings. The van der Waals surface area contributed by atoms with Crippen LogP contribution in [0.5, 0.6) is 0 Å². The van der Waals surface area contributed by atoms with Gasteiger partial charge in [0.15, 0.2) is 0 Å². The fraction of sp³-hybridized carbons (Fsp3) is 0.500. The predicted octanol–water partition coefficient (Wildman–Crippen LogP) is 1.25. The summed E-state index contributed by atoms with van der Waals surface area (Å²) in [7, 11) is 1.91. The fourth-order valence-corrected chi connectivity index (χ4v) is 2.00. The van der Waals surface area contributed by atoms with Gasteiger partial charge in [-0.2, -0.15) is 10.2 Å². The summed E-state index contributed by atoms with van der Waals surface area (Å²) in [5.74, 6) is 0. The lowest BCUT2D eigenvalue weighted by molar-refractivity contribution is 0.422. The molecule has 0 aromatic carbocycles. The SMILES string of the molecule is CCC(N)C(c1cnn(C)c1)n1ccc(C)n1. The van der Waals surface area contributed by atoms with Crippen LogP contribution in [0, 0.1) is 6.92 Å². The van der Waals surface area contributed by atoms with Gasteiger partial charge in [0.1, 0.15) is 0 Å². The Kier molecular flexibility index (Phi) is 3.28. The molecular weight excluding hydrogens is 214 g/mol. The minimum atomic E-state index is 0.0403. The third kappa shape index (κ3) is 2.39. The van der Waals surface area contributed by atoms with E-state index in [9.17, 15) is 0 Å². The quantitative estimate of drug-likeness (QED) is 0.864. The maximum atomic E-state index is 6.20. The van der Waals surface area contributed by atoms with Crippen LogP contribution in [0.1, 0.15) is 30.6 Å². The van der Waals surface area contributed by atoms with Gasteiger partial charge in [0.05, 0.1) is 17.9 Å². The van der Waals surface area contributed by atoms with E-state index in [0.29, 0.717) is 0 Å². The second-order valence-electron chi connectivity index (χ2n) is 4.40. The third-order valence-electron chi connectivity index (χ3n) is 2.97. The Hall–Kier alpha value is -1.62. The zero-order valence-corrected chi connectivity index (χ0v) is 10.5. The lowest BCUT2D eigenvalue weighted by Gasteiger charge is -2.22. The van der Waals surface area contributed by atoms with Crippen LogP contribution in [0.4, 0.5) is 0 Å². The van der Waals surface area contributed by atoms with Gasteiger partial charge in [0.2, 0.25) is 0 Å². The van der Waals surface area contributed by atoms with E-state index in [1.165, 1.54) is 0 Å². The first-order valence-corrected chi connectivity index (χ1v) is 5.87. The summed E-state index contributed by atoms with van der Waals surface area (Å²) in [6.45, 7) is 4.07. The molecule has 5 nitrogen and oxygen atoms in total. The van der Waals surface area contributed by atoms with Gasteiger partial charge in [-0.1, -0.05) is 6.92 Å². The number of rotatable bonds is 4. The highest BCUT2D eigenvalue weighted by atomic mass is 15.3. The molecule has 0 saturated carbocycles. The number of hydrogen-bond donors (Lipinski definition) is 1. The molecule has 2 aromatic heterocycles. The zero-order valence-electron chi connectivity index (χ0n) is 10.5. The third-order valence-corrected chi connectivity index (χ3v) is 2.97. The molecule has 92 valence electrons. The first-order valence-electron chi connectivity index (χ1n) is 5.87.